The molecule has 7 nitrogen and oxygen atoms in total. The van der Waals surface area contributed by atoms with Crippen molar-refractivity contribution in [1.29, 1.82) is 0 Å². The van der Waals surface area contributed by atoms with Crippen molar-refractivity contribution in [2.45, 2.75) is 18.6 Å². The van der Waals surface area contributed by atoms with E-state index in [1.807, 2.05) is 30.3 Å². The number of amides is 1. The summed E-state index contributed by atoms with van der Waals surface area (Å²) < 4.78 is 0. The van der Waals surface area contributed by atoms with Crippen LogP contribution in [0, 0.1) is 0 Å². The first-order valence-electron chi connectivity index (χ1n) is 8.12. The molecule has 144 valence electrons. The number of benzene rings is 1. The van der Waals surface area contributed by atoms with Crippen molar-refractivity contribution in [3.05, 3.63) is 60.4 Å². The zero-order chi connectivity index (χ0) is 19.9. The molecule has 4 N–H and O–H groups in total. The molecule has 1 rings (SSSR count). The first kappa shape index (κ1) is 23.5. The predicted molar refractivity (Wildman–Crippen MR) is 101 cm³/mol. The van der Waals surface area contributed by atoms with Crippen molar-refractivity contribution >= 4 is 12.2 Å². The molecule has 0 radical (unpaired) electrons. The highest BCUT2D eigenvalue weighted by Gasteiger charge is 2.26. The summed E-state index contributed by atoms with van der Waals surface area (Å²) in [6.07, 6.45) is 0.531. The van der Waals surface area contributed by atoms with Crippen molar-refractivity contribution in [2.75, 3.05) is 27.2 Å². The minimum absolute atomic E-state index is 0.146. The van der Waals surface area contributed by atoms with Crippen molar-refractivity contribution in [3.63, 3.8) is 0 Å². The monoisotopic (exact) mass is 364 g/mol. The van der Waals surface area contributed by atoms with Gasteiger partial charge in [0.25, 0.3) is 5.91 Å². The Labute approximate surface area is 154 Å². The number of nitrogens with one attached hydrogen (secondary N) is 1. The summed E-state index contributed by atoms with van der Waals surface area (Å²) in [6.45, 7) is 4.33. The molecule has 0 heterocycles. The molecular weight excluding hydrogens is 336 g/mol. The number of hydrogen-bond donors (Lipinski definition) is 4. The fraction of sp³-hybridized carbons (Fsp3) is 0.368. The Hall–Kier alpha value is -2.48. The molecule has 1 amide bonds. The van der Waals surface area contributed by atoms with Crippen LogP contribution in [0.15, 0.2) is 54.8 Å². The van der Waals surface area contributed by atoms with Crippen LogP contribution in [0.1, 0.15) is 5.56 Å². The lowest BCUT2D eigenvalue weighted by Crippen LogP contribution is -2.44. The summed E-state index contributed by atoms with van der Waals surface area (Å²) >= 11 is 0. The number of hydrogen-bond acceptors (Lipinski definition) is 6. The number of aldehydes is 1. The van der Waals surface area contributed by atoms with E-state index in [2.05, 4.69) is 11.9 Å². The van der Waals surface area contributed by atoms with Gasteiger partial charge in [0, 0.05) is 13.6 Å². The van der Waals surface area contributed by atoms with E-state index in [4.69, 9.17) is 10.2 Å². The molecule has 0 aromatic heterocycles. The lowest BCUT2D eigenvalue weighted by atomic mass is 10.1. The Morgan fingerprint density at radius 1 is 1.31 bits per heavy atom. The second-order valence-electron chi connectivity index (χ2n) is 5.49. The standard InChI is InChI=1S/C13H17NO4.C6H11NO/c1-14(13(18)12(17)11(16)9-15)8-7-10-5-3-2-4-6-10;1-3-4-6(8)5-7-2/h2-6,9,11-12,16-17H,7-8H2,1H3;3-4,7-8H,1,5H2,2H3/b;6-4-. The van der Waals surface area contributed by atoms with Gasteiger partial charge in [-0.15, -0.1) is 0 Å². The van der Waals surface area contributed by atoms with Crippen molar-refractivity contribution < 1.29 is 24.9 Å². The van der Waals surface area contributed by atoms with Gasteiger partial charge >= 0.3 is 0 Å². The van der Waals surface area contributed by atoms with Crippen LogP contribution < -0.4 is 5.32 Å². The molecule has 0 fully saturated rings. The van der Waals surface area contributed by atoms with Gasteiger partial charge in [-0.25, -0.2) is 0 Å². The van der Waals surface area contributed by atoms with Gasteiger partial charge in [0.05, 0.1) is 6.54 Å². The maximum Gasteiger partial charge on any atom is 0.254 e. The molecule has 0 spiro atoms. The van der Waals surface area contributed by atoms with Crippen LogP contribution in [-0.4, -0.2) is 71.8 Å². The highest BCUT2D eigenvalue weighted by Crippen LogP contribution is 2.03. The number of carbonyl (C=O) groups excluding carboxylic acids is 2. The first-order valence-corrected chi connectivity index (χ1v) is 8.12. The van der Waals surface area contributed by atoms with Gasteiger partial charge in [0.15, 0.2) is 12.4 Å². The molecule has 1 aromatic rings. The summed E-state index contributed by atoms with van der Waals surface area (Å²) in [5.41, 5.74) is 1.07. The third-order valence-electron chi connectivity index (χ3n) is 3.34. The van der Waals surface area contributed by atoms with E-state index in [1.165, 1.54) is 11.9 Å². The largest absolute Gasteiger partial charge is 0.511 e. The molecule has 0 saturated heterocycles. The Morgan fingerprint density at radius 2 is 1.92 bits per heavy atom. The predicted octanol–water partition coefficient (Wildman–Crippen LogP) is 0.442. The van der Waals surface area contributed by atoms with E-state index in [9.17, 15) is 14.7 Å². The highest BCUT2D eigenvalue weighted by molar-refractivity contribution is 5.84. The van der Waals surface area contributed by atoms with Gasteiger partial charge in [-0.05, 0) is 25.1 Å². The summed E-state index contributed by atoms with van der Waals surface area (Å²) in [4.78, 5) is 23.2. The fourth-order valence-corrected chi connectivity index (χ4v) is 1.87. The molecule has 26 heavy (non-hydrogen) atoms. The molecular formula is C19H28N2O5. The Morgan fingerprint density at radius 3 is 2.42 bits per heavy atom. The average Bonchev–Trinajstić information content (AvgIpc) is 2.66. The summed E-state index contributed by atoms with van der Waals surface area (Å²) in [5.74, 6) is -0.354. The van der Waals surface area contributed by atoms with Crippen LogP contribution in [0.25, 0.3) is 0 Å². The quantitative estimate of drug-likeness (QED) is 0.288. The topological polar surface area (TPSA) is 110 Å². The molecule has 1 aromatic carbocycles. The molecule has 7 heteroatoms. The minimum Gasteiger partial charge on any atom is -0.511 e. The third kappa shape index (κ3) is 9.73. The van der Waals surface area contributed by atoms with Crippen LogP contribution in [0.5, 0.6) is 0 Å². The Kier molecular flexibility index (Phi) is 12.5. The SMILES string of the molecule is C=C/C=C(\O)CNC.CN(CCc1ccccc1)C(=O)C(O)C(O)C=O. The van der Waals surface area contributed by atoms with Crippen molar-refractivity contribution in [1.82, 2.24) is 10.2 Å². The van der Waals surface area contributed by atoms with Crippen molar-refractivity contribution in [3.8, 4) is 0 Å². The molecule has 0 aliphatic heterocycles. The summed E-state index contributed by atoms with van der Waals surface area (Å²) in [6, 6.07) is 9.59. The number of rotatable bonds is 9. The van der Waals surface area contributed by atoms with Crippen molar-refractivity contribution in [2.24, 2.45) is 0 Å². The van der Waals surface area contributed by atoms with E-state index in [0.29, 0.717) is 25.3 Å². The zero-order valence-corrected chi connectivity index (χ0v) is 15.2. The minimum atomic E-state index is -1.69. The first-order chi connectivity index (χ1) is 12.4. The van der Waals surface area contributed by atoms with Crippen LogP contribution in [0.3, 0.4) is 0 Å². The second kappa shape index (κ2) is 13.8. The smallest absolute Gasteiger partial charge is 0.254 e. The van der Waals surface area contributed by atoms with Crippen LogP contribution >= 0.6 is 0 Å². The number of allylic oxidation sites excluding steroid dienone is 2. The fourth-order valence-electron chi connectivity index (χ4n) is 1.87. The molecule has 0 bridgehead atoms. The Balaban J connectivity index is 0.000000660. The molecule has 0 aliphatic carbocycles. The van der Waals surface area contributed by atoms with Crippen LogP contribution in [-0.2, 0) is 16.0 Å². The van der Waals surface area contributed by atoms with Crippen LogP contribution in [0.4, 0.5) is 0 Å². The van der Waals surface area contributed by atoms with E-state index in [-0.39, 0.29) is 6.29 Å². The highest BCUT2D eigenvalue weighted by atomic mass is 16.3. The number of likely N-dealkylation sites (N-methyl/N-ethyl adjacent to an activating group) is 2. The molecule has 2 unspecified atom stereocenters. The summed E-state index contributed by atoms with van der Waals surface area (Å²) in [7, 11) is 3.29. The molecule has 2 atom stereocenters. The summed E-state index contributed by atoms with van der Waals surface area (Å²) in [5, 5.41) is 30.0. The number of carbonyl (C=O) groups is 2. The third-order valence-corrected chi connectivity index (χ3v) is 3.34. The van der Waals surface area contributed by atoms with E-state index < -0.39 is 18.1 Å². The number of nitrogens with zero attached hydrogens (tertiary/aromatic N) is 1. The molecule has 0 aliphatic rings. The van der Waals surface area contributed by atoms with Gasteiger partial charge in [0.1, 0.15) is 11.9 Å². The van der Waals surface area contributed by atoms with Gasteiger partial charge in [0.2, 0.25) is 0 Å². The van der Waals surface area contributed by atoms with Gasteiger partial charge < -0.3 is 30.3 Å². The lowest BCUT2D eigenvalue weighted by molar-refractivity contribution is -0.147. The van der Waals surface area contributed by atoms with Gasteiger partial charge in [-0.3, -0.25) is 4.79 Å². The second-order valence-corrected chi connectivity index (χ2v) is 5.49. The lowest BCUT2D eigenvalue weighted by Gasteiger charge is -2.21. The normalized spacial score (nSPS) is 13.0. The molecule has 0 saturated carbocycles. The Bertz CT molecular complexity index is 575. The maximum atomic E-state index is 11.6. The zero-order valence-electron chi connectivity index (χ0n) is 15.2. The van der Waals surface area contributed by atoms with Gasteiger partial charge in [-0.1, -0.05) is 43.0 Å². The maximum absolute atomic E-state index is 11.6. The van der Waals surface area contributed by atoms with E-state index in [1.54, 1.807) is 19.2 Å². The van der Waals surface area contributed by atoms with E-state index in [0.717, 1.165) is 5.56 Å². The average molecular weight is 364 g/mol. The van der Waals surface area contributed by atoms with E-state index >= 15 is 0 Å². The number of aliphatic hydroxyl groups excluding tert-OH is 3. The van der Waals surface area contributed by atoms with Gasteiger partial charge in [-0.2, -0.15) is 0 Å². The van der Waals surface area contributed by atoms with Crippen LogP contribution in [0.2, 0.25) is 0 Å². The number of aliphatic hydroxyl groups is 3.